The van der Waals surface area contributed by atoms with E-state index in [-0.39, 0.29) is 16.9 Å². The second-order valence-corrected chi connectivity index (χ2v) is 8.02. The zero-order valence-electron chi connectivity index (χ0n) is 18.1. The van der Waals surface area contributed by atoms with Gasteiger partial charge in [0.05, 0.1) is 23.2 Å². The van der Waals surface area contributed by atoms with Crippen molar-refractivity contribution in [2.45, 2.75) is 39.0 Å². The Balaban J connectivity index is 2.07. The molecule has 0 radical (unpaired) electrons. The molecular formula is C24H21F4N3O2. The number of hydrogen-bond acceptors (Lipinski definition) is 5. The summed E-state index contributed by atoms with van der Waals surface area (Å²) >= 11 is 0. The number of halogens is 4. The third-order valence-corrected chi connectivity index (χ3v) is 5.83. The van der Waals surface area contributed by atoms with Crippen LogP contribution < -0.4 is 5.73 Å². The van der Waals surface area contributed by atoms with Crippen molar-refractivity contribution in [2.75, 3.05) is 5.73 Å². The maximum absolute atomic E-state index is 15.1. The number of nitrogens with zero attached hydrogens (tertiary/aromatic N) is 2. The highest BCUT2D eigenvalue weighted by molar-refractivity contribution is 5.75. The topological polar surface area (TPSA) is 85.2 Å². The van der Waals surface area contributed by atoms with Crippen LogP contribution in [0.5, 0.6) is 0 Å². The molecule has 1 aromatic carbocycles. The van der Waals surface area contributed by atoms with Crippen molar-refractivity contribution in [3.63, 3.8) is 0 Å². The van der Waals surface area contributed by atoms with Crippen molar-refractivity contribution in [3.05, 3.63) is 87.9 Å². The SMILES string of the molecule is Cc1noc(C)c1-c1cc(N)c(C)c(C(O)(C2=C(F)CC(F)C=C2F)c2ccc(F)cn2)c1. The number of hydrogen-bond donors (Lipinski definition) is 2. The largest absolute Gasteiger partial charge is 0.398 e. The van der Waals surface area contributed by atoms with E-state index in [2.05, 4.69) is 10.1 Å². The number of alkyl halides is 1. The molecule has 2 heterocycles. The molecule has 1 aliphatic carbocycles. The molecule has 1 aliphatic rings. The van der Waals surface area contributed by atoms with Crippen molar-refractivity contribution in [1.82, 2.24) is 10.1 Å². The lowest BCUT2D eigenvalue weighted by Crippen LogP contribution is -2.35. The van der Waals surface area contributed by atoms with Gasteiger partial charge in [0.1, 0.15) is 29.4 Å². The summed E-state index contributed by atoms with van der Waals surface area (Å²) in [4.78, 5) is 3.90. The van der Waals surface area contributed by atoms with Gasteiger partial charge in [-0.2, -0.15) is 0 Å². The Morgan fingerprint density at radius 2 is 1.88 bits per heavy atom. The molecule has 33 heavy (non-hydrogen) atoms. The molecule has 172 valence electrons. The first-order valence-electron chi connectivity index (χ1n) is 10.1. The molecule has 9 heteroatoms. The molecule has 2 unspecified atom stereocenters. The number of benzene rings is 1. The van der Waals surface area contributed by atoms with Crippen molar-refractivity contribution < 1.29 is 27.2 Å². The predicted octanol–water partition coefficient (Wildman–Crippen LogP) is 5.44. The lowest BCUT2D eigenvalue weighted by Gasteiger charge is -2.34. The molecule has 0 fully saturated rings. The van der Waals surface area contributed by atoms with Gasteiger partial charge in [0.15, 0.2) is 5.60 Å². The quantitative estimate of drug-likeness (QED) is 0.401. The monoisotopic (exact) mass is 459 g/mol. The highest BCUT2D eigenvalue weighted by Gasteiger charge is 2.45. The van der Waals surface area contributed by atoms with Crippen LogP contribution in [-0.2, 0) is 5.60 Å². The van der Waals surface area contributed by atoms with Gasteiger partial charge in [-0.05, 0) is 67.8 Å². The number of aliphatic hydroxyl groups is 1. The number of aromatic nitrogens is 2. The van der Waals surface area contributed by atoms with E-state index < -0.39 is 41.2 Å². The number of anilines is 1. The molecule has 0 saturated heterocycles. The normalized spacial score (nSPS) is 18.3. The van der Waals surface area contributed by atoms with Gasteiger partial charge in [-0.15, -0.1) is 0 Å². The maximum atomic E-state index is 15.1. The van der Waals surface area contributed by atoms with E-state index in [9.17, 15) is 13.9 Å². The Hall–Kier alpha value is -3.46. The van der Waals surface area contributed by atoms with Gasteiger partial charge in [-0.25, -0.2) is 17.6 Å². The fraction of sp³-hybridized carbons (Fsp3) is 0.250. The second-order valence-electron chi connectivity index (χ2n) is 8.02. The Morgan fingerprint density at radius 3 is 2.45 bits per heavy atom. The Kier molecular flexibility index (Phi) is 5.61. The first kappa shape index (κ1) is 22.7. The summed E-state index contributed by atoms with van der Waals surface area (Å²) in [6.07, 6.45) is -1.24. The lowest BCUT2D eigenvalue weighted by molar-refractivity contribution is 0.108. The number of nitrogen functional groups attached to an aromatic ring is 1. The van der Waals surface area contributed by atoms with Crippen LogP contribution in [-0.4, -0.2) is 21.4 Å². The zero-order chi connectivity index (χ0) is 24.1. The molecule has 0 saturated carbocycles. The fourth-order valence-electron chi connectivity index (χ4n) is 4.22. The summed E-state index contributed by atoms with van der Waals surface area (Å²) in [5.74, 6) is -2.70. The van der Waals surface area contributed by atoms with E-state index in [0.717, 1.165) is 18.3 Å². The van der Waals surface area contributed by atoms with Crippen LogP contribution in [0.25, 0.3) is 11.1 Å². The summed E-state index contributed by atoms with van der Waals surface area (Å²) in [6, 6.07) is 5.24. The maximum Gasteiger partial charge on any atom is 0.162 e. The third-order valence-electron chi connectivity index (χ3n) is 5.83. The van der Waals surface area contributed by atoms with Gasteiger partial charge in [0.25, 0.3) is 0 Å². The van der Waals surface area contributed by atoms with E-state index in [1.54, 1.807) is 26.8 Å². The van der Waals surface area contributed by atoms with Gasteiger partial charge in [0, 0.05) is 17.7 Å². The van der Waals surface area contributed by atoms with Gasteiger partial charge in [-0.3, -0.25) is 4.98 Å². The van der Waals surface area contributed by atoms with Crippen LogP contribution in [0.1, 0.15) is 34.7 Å². The number of aryl methyl sites for hydroxylation is 2. The molecule has 2 aromatic heterocycles. The molecular weight excluding hydrogens is 438 g/mol. The van der Waals surface area contributed by atoms with Crippen molar-refractivity contribution >= 4 is 5.69 Å². The minimum atomic E-state index is -2.54. The van der Waals surface area contributed by atoms with E-state index in [1.807, 2.05) is 0 Å². The Labute approximate surface area is 187 Å². The molecule has 3 N–H and O–H groups in total. The molecule has 0 aliphatic heterocycles. The highest BCUT2D eigenvalue weighted by Crippen LogP contribution is 2.47. The van der Waals surface area contributed by atoms with Crippen LogP contribution in [0.4, 0.5) is 23.2 Å². The highest BCUT2D eigenvalue weighted by atomic mass is 19.2. The summed E-state index contributed by atoms with van der Waals surface area (Å²) in [6.45, 7) is 4.96. The van der Waals surface area contributed by atoms with E-state index in [1.165, 1.54) is 6.07 Å². The van der Waals surface area contributed by atoms with Crippen LogP contribution in [0.3, 0.4) is 0 Å². The fourth-order valence-corrected chi connectivity index (χ4v) is 4.22. The smallest absolute Gasteiger partial charge is 0.162 e. The molecule has 0 bridgehead atoms. The van der Waals surface area contributed by atoms with E-state index >= 15 is 8.78 Å². The minimum Gasteiger partial charge on any atom is -0.398 e. The number of allylic oxidation sites excluding steroid dienone is 2. The van der Waals surface area contributed by atoms with Crippen LogP contribution in [0.2, 0.25) is 0 Å². The zero-order valence-corrected chi connectivity index (χ0v) is 18.1. The second kappa shape index (κ2) is 8.15. The molecule has 0 spiro atoms. The molecule has 5 nitrogen and oxygen atoms in total. The van der Waals surface area contributed by atoms with Crippen LogP contribution in [0, 0.1) is 26.6 Å². The van der Waals surface area contributed by atoms with Gasteiger partial charge in [0.2, 0.25) is 0 Å². The van der Waals surface area contributed by atoms with Crippen molar-refractivity contribution in [2.24, 2.45) is 0 Å². The first-order valence-corrected chi connectivity index (χ1v) is 10.1. The van der Waals surface area contributed by atoms with Gasteiger partial charge >= 0.3 is 0 Å². The number of nitrogens with two attached hydrogens (primary N) is 1. The summed E-state index contributed by atoms with van der Waals surface area (Å²) in [5, 5.41) is 15.9. The standard InChI is InChI=1S/C24H21F4N3O2/c1-11-17(6-14(7-20(11)29)22-12(2)31-33-13(22)3)24(32,21-5-4-15(25)10-30-21)23-18(27)8-16(26)9-19(23)28/h4-8,10,16,32H,9,29H2,1-3H3. The number of rotatable bonds is 4. The van der Waals surface area contributed by atoms with E-state index in [0.29, 0.717) is 34.2 Å². The minimum absolute atomic E-state index is 0.00242. The predicted molar refractivity (Wildman–Crippen MR) is 115 cm³/mol. The molecule has 2 atom stereocenters. The van der Waals surface area contributed by atoms with Crippen molar-refractivity contribution in [3.8, 4) is 11.1 Å². The third kappa shape index (κ3) is 3.72. The van der Waals surface area contributed by atoms with Gasteiger partial charge < -0.3 is 15.4 Å². The summed E-state index contributed by atoms with van der Waals surface area (Å²) in [7, 11) is 0. The van der Waals surface area contributed by atoms with Crippen LogP contribution >= 0.6 is 0 Å². The average Bonchev–Trinajstić information content (AvgIpc) is 3.07. The van der Waals surface area contributed by atoms with E-state index in [4.69, 9.17) is 10.3 Å². The average molecular weight is 459 g/mol. The number of pyridine rings is 1. The van der Waals surface area contributed by atoms with Crippen LogP contribution in [0.15, 0.2) is 58.3 Å². The lowest BCUT2D eigenvalue weighted by atomic mass is 9.76. The Bertz CT molecular complexity index is 1280. The summed E-state index contributed by atoms with van der Waals surface area (Å²) in [5.41, 5.74) is 4.78. The molecule has 3 aromatic rings. The summed E-state index contributed by atoms with van der Waals surface area (Å²) < 4.78 is 62.7. The van der Waals surface area contributed by atoms with Gasteiger partial charge in [-0.1, -0.05) is 5.16 Å². The molecule has 0 amide bonds. The molecule has 4 rings (SSSR count). The Morgan fingerprint density at radius 1 is 1.15 bits per heavy atom. The van der Waals surface area contributed by atoms with Crippen molar-refractivity contribution in [1.29, 1.82) is 0 Å². The first-order chi connectivity index (χ1) is 15.5.